The van der Waals surface area contributed by atoms with Gasteiger partial charge in [-0.2, -0.15) is 0 Å². The van der Waals surface area contributed by atoms with Crippen molar-refractivity contribution in [3.63, 3.8) is 0 Å². The molecule has 4 nitrogen and oxygen atoms in total. The largest absolute Gasteiger partial charge is 0.479 e. The van der Waals surface area contributed by atoms with Crippen molar-refractivity contribution in [2.24, 2.45) is 0 Å². The quantitative estimate of drug-likeness (QED) is 0.787. The van der Waals surface area contributed by atoms with Crippen molar-refractivity contribution in [1.82, 2.24) is 4.90 Å². The molecular formula is C14H19NO3. The van der Waals surface area contributed by atoms with Crippen LogP contribution in [0, 0.1) is 13.8 Å². The zero-order valence-corrected chi connectivity index (χ0v) is 11.0. The number of nitrogens with zero attached hydrogens (tertiary/aromatic N) is 1. The third-order valence-corrected chi connectivity index (χ3v) is 3.12. The van der Waals surface area contributed by atoms with E-state index in [1.165, 1.54) is 4.90 Å². The standard InChI is InChI=1S/C14H19NO3/c1-4-8-15(9-16)13(14(17)18)12-7-5-6-10(2)11(12)3/h5-7,9,13H,4,8H2,1-3H3,(H,17,18). The summed E-state index contributed by atoms with van der Waals surface area (Å²) in [5, 5.41) is 9.37. The molecule has 4 heteroatoms. The molecule has 1 rings (SSSR count). The van der Waals surface area contributed by atoms with E-state index < -0.39 is 12.0 Å². The number of hydrogen-bond donors (Lipinski definition) is 1. The predicted molar refractivity (Wildman–Crippen MR) is 69.4 cm³/mol. The summed E-state index contributed by atoms with van der Waals surface area (Å²) >= 11 is 0. The molecule has 18 heavy (non-hydrogen) atoms. The maximum Gasteiger partial charge on any atom is 0.331 e. The van der Waals surface area contributed by atoms with E-state index in [0.717, 1.165) is 17.5 Å². The highest BCUT2D eigenvalue weighted by atomic mass is 16.4. The van der Waals surface area contributed by atoms with Crippen LogP contribution in [0.2, 0.25) is 0 Å². The van der Waals surface area contributed by atoms with Crippen LogP contribution in [0.3, 0.4) is 0 Å². The fraction of sp³-hybridized carbons (Fsp3) is 0.429. The first kappa shape index (κ1) is 14.2. The second kappa shape index (κ2) is 6.19. The summed E-state index contributed by atoms with van der Waals surface area (Å²) in [6, 6.07) is 4.63. The molecule has 1 amide bonds. The summed E-state index contributed by atoms with van der Waals surface area (Å²) in [4.78, 5) is 23.8. The number of aryl methyl sites for hydroxylation is 1. The molecule has 0 heterocycles. The Labute approximate surface area is 107 Å². The SMILES string of the molecule is CCCN(C=O)C(C(=O)O)c1cccc(C)c1C. The summed E-state index contributed by atoms with van der Waals surface area (Å²) in [5.74, 6) is -0.996. The summed E-state index contributed by atoms with van der Waals surface area (Å²) in [5.41, 5.74) is 2.64. The maximum absolute atomic E-state index is 11.4. The lowest BCUT2D eigenvalue weighted by molar-refractivity contribution is -0.146. The van der Waals surface area contributed by atoms with Gasteiger partial charge in [-0.3, -0.25) is 4.79 Å². The number of hydrogen-bond acceptors (Lipinski definition) is 2. The van der Waals surface area contributed by atoms with Gasteiger partial charge in [0.1, 0.15) is 0 Å². The molecular weight excluding hydrogens is 230 g/mol. The topological polar surface area (TPSA) is 57.6 Å². The van der Waals surface area contributed by atoms with Gasteiger partial charge in [-0.15, -0.1) is 0 Å². The van der Waals surface area contributed by atoms with E-state index in [1.54, 1.807) is 6.07 Å². The lowest BCUT2D eigenvalue weighted by Crippen LogP contribution is -2.34. The summed E-state index contributed by atoms with van der Waals surface area (Å²) in [6.45, 7) is 6.17. The smallest absolute Gasteiger partial charge is 0.331 e. The molecule has 0 bridgehead atoms. The van der Waals surface area contributed by atoms with Crippen LogP contribution in [0.1, 0.15) is 36.1 Å². The normalized spacial score (nSPS) is 11.9. The van der Waals surface area contributed by atoms with Crippen LogP contribution in [0.4, 0.5) is 0 Å². The van der Waals surface area contributed by atoms with Gasteiger partial charge >= 0.3 is 5.97 Å². The van der Waals surface area contributed by atoms with Gasteiger partial charge < -0.3 is 10.0 Å². The highest BCUT2D eigenvalue weighted by Crippen LogP contribution is 2.25. The molecule has 0 aliphatic carbocycles. The van der Waals surface area contributed by atoms with Gasteiger partial charge in [0.2, 0.25) is 6.41 Å². The van der Waals surface area contributed by atoms with Gasteiger partial charge in [0, 0.05) is 6.54 Å². The molecule has 1 N–H and O–H groups in total. The second-order valence-electron chi connectivity index (χ2n) is 4.37. The molecule has 1 aromatic carbocycles. The molecule has 1 atom stereocenters. The maximum atomic E-state index is 11.4. The summed E-state index contributed by atoms with van der Waals surface area (Å²) < 4.78 is 0. The van der Waals surface area contributed by atoms with Crippen LogP contribution in [0.25, 0.3) is 0 Å². The van der Waals surface area contributed by atoms with E-state index in [0.29, 0.717) is 18.5 Å². The monoisotopic (exact) mass is 249 g/mol. The second-order valence-corrected chi connectivity index (χ2v) is 4.37. The number of carbonyl (C=O) groups is 2. The third kappa shape index (κ3) is 2.88. The molecule has 0 saturated heterocycles. The van der Waals surface area contributed by atoms with E-state index in [1.807, 2.05) is 32.9 Å². The first-order chi connectivity index (χ1) is 8.52. The van der Waals surface area contributed by atoms with Gasteiger partial charge in [-0.1, -0.05) is 25.1 Å². The number of aliphatic carboxylic acids is 1. The summed E-state index contributed by atoms with van der Waals surface area (Å²) in [7, 11) is 0. The van der Waals surface area contributed by atoms with Gasteiger partial charge in [-0.05, 0) is 37.0 Å². The Morgan fingerprint density at radius 1 is 1.44 bits per heavy atom. The van der Waals surface area contributed by atoms with E-state index in [2.05, 4.69) is 0 Å². The number of carboxylic acids is 1. The van der Waals surface area contributed by atoms with E-state index in [4.69, 9.17) is 0 Å². The molecule has 0 aliphatic rings. The fourth-order valence-corrected chi connectivity index (χ4v) is 2.02. The van der Waals surface area contributed by atoms with Crippen molar-refractivity contribution in [2.75, 3.05) is 6.54 Å². The molecule has 98 valence electrons. The van der Waals surface area contributed by atoms with Crippen molar-refractivity contribution in [1.29, 1.82) is 0 Å². The first-order valence-corrected chi connectivity index (χ1v) is 6.02. The van der Waals surface area contributed by atoms with Crippen molar-refractivity contribution in [3.8, 4) is 0 Å². The Morgan fingerprint density at radius 3 is 2.61 bits per heavy atom. The van der Waals surface area contributed by atoms with Crippen molar-refractivity contribution >= 4 is 12.4 Å². The lowest BCUT2D eigenvalue weighted by Gasteiger charge is -2.26. The lowest BCUT2D eigenvalue weighted by atomic mass is 9.96. The molecule has 0 aromatic heterocycles. The molecule has 0 radical (unpaired) electrons. The molecule has 1 unspecified atom stereocenters. The zero-order chi connectivity index (χ0) is 13.7. The van der Waals surface area contributed by atoms with Crippen molar-refractivity contribution in [2.45, 2.75) is 33.2 Å². The van der Waals surface area contributed by atoms with Crippen LogP contribution >= 0.6 is 0 Å². The highest BCUT2D eigenvalue weighted by molar-refractivity contribution is 5.78. The molecule has 1 aromatic rings. The minimum Gasteiger partial charge on any atom is -0.479 e. The van der Waals surface area contributed by atoms with Gasteiger partial charge in [0.05, 0.1) is 0 Å². The van der Waals surface area contributed by atoms with E-state index in [-0.39, 0.29) is 0 Å². The van der Waals surface area contributed by atoms with Crippen LogP contribution < -0.4 is 0 Å². The molecule has 0 aliphatic heterocycles. The van der Waals surface area contributed by atoms with Crippen LogP contribution in [-0.2, 0) is 9.59 Å². The number of carboxylic acid groups (broad SMARTS) is 1. The highest BCUT2D eigenvalue weighted by Gasteiger charge is 2.27. The van der Waals surface area contributed by atoms with Crippen molar-refractivity contribution in [3.05, 3.63) is 34.9 Å². The fourth-order valence-electron chi connectivity index (χ4n) is 2.02. The van der Waals surface area contributed by atoms with Gasteiger partial charge in [0.15, 0.2) is 6.04 Å². The minimum absolute atomic E-state index is 0.438. The van der Waals surface area contributed by atoms with Gasteiger partial charge in [0.25, 0.3) is 0 Å². The number of benzene rings is 1. The van der Waals surface area contributed by atoms with Crippen LogP contribution in [-0.4, -0.2) is 28.9 Å². The average molecular weight is 249 g/mol. The van der Waals surface area contributed by atoms with Crippen molar-refractivity contribution < 1.29 is 14.7 Å². The Hall–Kier alpha value is -1.84. The number of carbonyl (C=O) groups excluding carboxylic acids is 1. The van der Waals surface area contributed by atoms with Gasteiger partial charge in [-0.25, -0.2) is 4.79 Å². The van der Waals surface area contributed by atoms with Crippen LogP contribution in [0.15, 0.2) is 18.2 Å². The molecule has 0 fully saturated rings. The average Bonchev–Trinajstić information content (AvgIpc) is 2.33. The minimum atomic E-state index is -0.996. The Bertz CT molecular complexity index is 443. The van der Waals surface area contributed by atoms with Crippen LogP contribution in [0.5, 0.6) is 0 Å². The zero-order valence-electron chi connectivity index (χ0n) is 11.0. The third-order valence-electron chi connectivity index (χ3n) is 3.12. The molecule has 0 saturated carbocycles. The number of rotatable bonds is 6. The van der Waals surface area contributed by atoms with E-state index in [9.17, 15) is 14.7 Å². The Morgan fingerprint density at radius 2 is 2.11 bits per heavy atom. The molecule has 0 spiro atoms. The first-order valence-electron chi connectivity index (χ1n) is 6.02. The Kier molecular flexibility index (Phi) is 4.89. The Balaban J connectivity index is 3.23. The number of amides is 1. The predicted octanol–water partition coefficient (Wildman–Crippen LogP) is 2.30. The van der Waals surface area contributed by atoms with E-state index >= 15 is 0 Å². The summed E-state index contributed by atoms with van der Waals surface area (Å²) in [6.07, 6.45) is 1.34.